The van der Waals surface area contributed by atoms with Crippen molar-refractivity contribution < 1.29 is 50.9 Å². The second-order valence-electron chi connectivity index (χ2n) is 0. The third kappa shape index (κ3) is 26.3. The van der Waals surface area contributed by atoms with Crippen molar-refractivity contribution in [1.82, 2.24) is 0 Å². The Morgan fingerprint density at radius 2 is 1.00 bits per heavy atom. The Labute approximate surface area is 69.0 Å². The molecule has 0 nitrogen and oxygen atoms in total. The molecule has 0 rings (SSSR count). The summed E-state index contributed by atoms with van der Waals surface area (Å²) in [5, 5.41) is 0. The Balaban J connectivity index is 0. The normalized spacial score (nSPS) is 0. The summed E-state index contributed by atoms with van der Waals surface area (Å²) in [6.45, 7) is 0. The molecule has 0 bridgehead atoms. The van der Waals surface area contributed by atoms with Crippen LogP contribution in [0.25, 0.3) is 0 Å². The zero-order chi connectivity index (χ0) is 0. The first-order valence-corrected chi connectivity index (χ1v) is 0. The van der Waals surface area contributed by atoms with Crippen molar-refractivity contribution in [3.8, 4) is 0 Å². The molecule has 0 aromatic rings. The van der Waals surface area contributed by atoms with Crippen molar-refractivity contribution in [3.63, 3.8) is 0 Å². The minimum absolute atomic E-state index is 0. The maximum absolute atomic E-state index is 0. The van der Waals surface area contributed by atoms with Crippen LogP contribution in [0.5, 0.6) is 0 Å². The quantitative estimate of drug-likeness (QED) is 0.462. The van der Waals surface area contributed by atoms with Gasteiger partial charge in [-0.1, -0.05) is 7.43 Å². The molecule has 0 saturated carbocycles. The average Bonchev–Trinajstić information content (AvgIpc) is 0. The van der Waals surface area contributed by atoms with Crippen molar-refractivity contribution in [3.05, 3.63) is 0 Å². The van der Waals surface area contributed by atoms with Crippen LogP contribution in [0.4, 0.5) is 0 Å². The fourth-order valence-corrected chi connectivity index (χ4v) is 0. The summed E-state index contributed by atoms with van der Waals surface area (Å²) in [5.41, 5.74) is 0. The van der Waals surface area contributed by atoms with Crippen molar-refractivity contribution in [1.29, 1.82) is 0 Å². The molecule has 0 aromatic carbocycles. The van der Waals surface area contributed by atoms with E-state index < -0.39 is 0 Å². The maximum atomic E-state index is 0. The first-order valence-electron chi connectivity index (χ1n) is 0. The SMILES string of the molecule is C.[Cr].[Mn].[Ni].[SiH4]. The Morgan fingerprint density at radius 3 is 1.00 bits per heavy atom. The number of hydrogen-bond acceptors (Lipinski definition) is 0. The summed E-state index contributed by atoms with van der Waals surface area (Å²) in [4.78, 5) is 0. The van der Waals surface area contributed by atoms with E-state index in [-0.39, 0.29) is 69.3 Å². The fraction of sp³-hybridized carbons (Fsp3) is 1.00. The monoisotopic (exact) mass is 213 g/mol. The topological polar surface area (TPSA) is 0 Å². The molecule has 0 spiro atoms. The summed E-state index contributed by atoms with van der Waals surface area (Å²) < 4.78 is 0. The van der Waals surface area contributed by atoms with Gasteiger partial charge in [-0.2, -0.15) is 0 Å². The largest absolute Gasteiger partial charge is 0.0776 e. The molecule has 0 heterocycles. The van der Waals surface area contributed by atoms with E-state index in [0.717, 1.165) is 0 Å². The van der Waals surface area contributed by atoms with E-state index in [4.69, 9.17) is 0 Å². The Bertz CT molecular complexity index is 11.6. The van der Waals surface area contributed by atoms with Gasteiger partial charge in [0.15, 0.2) is 0 Å². The summed E-state index contributed by atoms with van der Waals surface area (Å²) in [6.07, 6.45) is 0. The molecule has 0 N–H and O–H groups in total. The van der Waals surface area contributed by atoms with E-state index in [0.29, 0.717) is 0 Å². The minimum atomic E-state index is 0. The first-order chi connectivity index (χ1) is 0. The summed E-state index contributed by atoms with van der Waals surface area (Å²) in [5.74, 6) is 0. The molecule has 0 aliphatic carbocycles. The van der Waals surface area contributed by atoms with E-state index in [2.05, 4.69) is 0 Å². The first kappa shape index (κ1) is 72.3. The summed E-state index contributed by atoms with van der Waals surface area (Å²) >= 11 is 0. The molecule has 0 atom stereocenters. The van der Waals surface area contributed by atoms with E-state index in [1.807, 2.05) is 0 Å². The van der Waals surface area contributed by atoms with Crippen LogP contribution in [0, 0.1) is 0 Å². The molecule has 0 saturated heterocycles. The van der Waals surface area contributed by atoms with Crippen LogP contribution in [0.3, 0.4) is 0 Å². The maximum Gasteiger partial charge on any atom is 0 e. The van der Waals surface area contributed by atoms with Crippen molar-refractivity contribution in [2.24, 2.45) is 0 Å². The third-order valence-corrected chi connectivity index (χ3v) is 0. The standard InChI is InChI=1S/CH4.Cr.Mn.Ni.H4Si/h1H4;;;;1H4. The van der Waals surface area contributed by atoms with Gasteiger partial charge < -0.3 is 0 Å². The molecule has 4 heteroatoms. The van der Waals surface area contributed by atoms with E-state index in [1.54, 1.807) is 0 Å². The molecular weight excluding hydrogens is 206 g/mol. The van der Waals surface area contributed by atoms with E-state index in [9.17, 15) is 0 Å². The third-order valence-electron chi connectivity index (χ3n) is 0. The Kier molecular flexibility index (Phi) is 608. The van der Waals surface area contributed by atoms with Gasteiger partial charge >= 0.3 is 0 Å². The van der Waals surface area contributed by atoms with Gasteiger partial charge in [0.2, 0.25) is 0 Å². The Hall–Kier alpha value is 1.76. The summed E-state index contributed by atoms with van der Waals surface area (Å²) in [7, 11) is 0. The van der Waals surface area contributed by atoms with E-state index in [1.165, 1.54) is 0 Å². The predicted octanol–water partition coefficient (Wildman–Crippen LogP) is -0.823. The van der Waals surface area contributed by atoms with Crippen LogP contribution >= 0.6 is 0 Å². The van der Waals surface area contributed by atoms with E-state index >= 15 is 0 Å². The predicted molar refractivity (Wildman–Crippen MR) is 18.1 cm³/mol. The van der Waals surface area contributed by atoms with Crippen LogP contribution in [-0.4, -0.2) is 11.0 Å². The van der Waals surface area contributed by atoms with Gasteiger partial charge in [0.1, 0.15) is 0 Å². The van der Waals surface area contributed by atoms with Gasteiger partial charge in [0.05, 0.1) is 0 Å². The second-order valence-corrected chi connectivity index (χ2v) is 0. The number of hydrogen-bond donors (Lipinski definition) is 0. The smallest absolute Gasteiger partial charge is 0 e. The van der Waals surface area contributed by atoms with Crippen LogP contribution in [-0.2, 0) is 50.9 Å². The molecule has 39 valence electrons. The fourth-order valence-electron chi connectivity index (χ4n) is 0. The van der Waals surface area contributed by atoms with Crippen molar-refractivity contribution in [2.75, 3.05) is 0 Å². The van der Waals surface area contributed by atoms with Crippen LogP contribution in [0.1, 0.15) is 7.43 Å². The van der Waals surface area contributed by atoms with Gasteiger partial charge in [0, 0.05) is 50.9 Å². The molecule has 0 aromatic heterocycles. The molecule has 0 amide bonds. The minimum Gasteiger partial charge on any atom is -0.0776 e. The average molecular weight is 214 g/mol. The van der Waals surface area contributed by atoms with Crippen LogP contribution in [0.2, 0.25) is 0 Å². The van der Waals surface area contributed by atoms with Crippen LogP contribution in [0.15, 0.2) is 0 Å². The van der Waals surface area contributed by atoms with Gasteiger partial charge in [-0.3, -0.25) is 0 Å². The van der Waals surface area contributed by atoms with Crippen LogP contribution < -0.4 is 0 Å². The molecule has 0 fully saturated rings. The summed E-state index contributed by atoms with van der Waals surface area (Å²) in [6, 6.07) is 0. The molecular formula is CH8CrMnNiSi. The van der Waals surface area contributed by atoms with Gasteiger partial charge in [0.25, 0.3) is 0 Å². The van der Waals surface area contributed by atoms with Crippen molar-refractivity contribution >= 4 is 11.0 Å². The molecule has 5 heavy (non-hydrogen) atoms. The number of rotatable bonds is 0. The molecule has 0 aliphatic rings. The zero-order valence-corrected chi connectivity index (χ0v) is 4.55. The Morgan fingerprint density at radius 1 is 1.00 bits per heavy atom. The molecule has 0 aliphatic heterocycles. The van der Waals surface area contributed by atoms with Crippen molar-refractivity contribution in [2.45, 2.75) is 7.43 Å². The zero-order valence-electron chi connectivity index (χ0n) is 1.10. The van der Waals surface area contributed by atoms with Gasteiger partial charge in [-0.15, -0.1) is 0 Å². The molecule has 1 radical (unpaired) electrons. The van der Waals surface area contributed by atoms with Gasteiger partial charge in [-0.05, 0) is 11.0 Å². The second kappa shape index (κ2) is 42.1. The molecule has 0 unspecified atom stereocenters. The van der Waals surface area contributed by atoms with Gasteiger partial charge in [-0.25, -0.2) is 0 Å².